The average molecular weight is 391 g/mol. The Kier molecular flexibility index (Phi) is 5.01. The molecule has 0 aliphatic carbocycles. The quantitative estimate of drug-likeness (QED) is 0.352. The van der Waals surface area contributed by atoms with Crippen molar-refractivity contribution in [3.8, 4) is 0 Å². The van der Waals surface area contributed by atoms with Crippen LogP contribution in [0, 0.1) is 6.92 Å². The van der Waals surface area contributed by atoms with Crippen molar-refractivity contribution in [2.45, 2.75) is 19.3 Å². The van der Waals surface area contributed by atoms with Gasteiger partial charge in [-0.1, -0.05) is 54.1 Å². The summed E-state index contributed by atoms with van der Waals surface area (Å²) >= 11 is 3.10. The predicted octanol–water partition coefficient (Wildman–Crippen LogP) is 6.51. The fraction of sp³-hybridized carbons (Fsp3) is 0.130. The number of rotatable bonds is 6. The van der Waals surface area contributed by atoms with Crippen LogP contribution in [0.3, 0.4) is 0 Å². The number of ketones is 2. The van der Waals surface area contributed by atoms with Crippen LogP contribution in [0.4, 0.5) is 0 Å². The largest absolute Gasteiger partial charge is 0.294 e. The molecule has 0 spiro atoms. The molecule has 4 aromatic rings. The Balaban J connectivity index is 1.68. The summed E-state index contributed by atoms with van der Waals surface area (Å²) in [4.78, 5) is 27.2. The van der Waals surface area contributed by atoms with Gasteiger partial charge < -0.3 is 0 Å². The lowest BCUT2D eigenvalue weighted by Crippen LogP contribution is -2.16. The molecule has 2 aromatic heterocycles. The fourth-order valence-corrected chi connectivity index (χ4v) is 4.99. The number of benzene rings is 2. The van der Waals surface area contributed by atoms with E-state index >= 15 is 0 Å². The van der Waals surface area contributed by atoms with Crippen LogP contribution in [0.5, 0.6) is 0 Å². The van der Waals surface area contributed by atoms with Crippen molar-refractivity contribution < 1.29 is 9.59 Å². The molecule has 4 rings (SSSR count). The molecule has 0 fully saturated rings. The third kappa shape index (κ3) is 3.64. The van der Waals surface area contributed by atoms with E-state index in [0.717, 1.165) is 20.5 Å². The maximum atomic E-state index is 13.4. The molecule has 0 saturated heterocycles. The number of hydrogen-bond acceptors (Lipinski definition) is 4. The Bertz CT molecular complexity index is 1090. The second kappa shape index (κ2) is 7.59. The lowest BCUT2D eigenvalue weighted by molar-refractivity contribution is 0.0896. The first-order valence-corrected chi connectivity index (χ1v) is 10.5. The Morgan fingerprint density at radius 2 is 1.70 bits per heavy atom. The van der Waals surface area contributed by atoms with E-state index < -0.39 is 5.92 Å². The smallest absolute Gasteiger partial charge is 0.173 e. The van der Waals surface area contributed by atoms with E-state index in [1.54, 1.807) is 11.3 Å². The highest BCUT2D eigenvalue weighted by Gasteiger charge is 2.28. The average Bonchev–Trinajstić information content (AvgIpc) is 3.36. The number of carbonyl (C=O) groups is 2. The minimum atomic E-state index is -0.447. The van der Waals surface area contributed by atoms with Crippen LogP contribution >= 0.6 is 22.7 Å². The normalized spacial score (nSPS) is 12.2. The van der Waals surface area contributed by atoms with Gasteiger partial charge in [0.1, 0.15) is 0 Å². The molecule has 4 heteroatoms. The van der Waals surface area contributed by atoms with E-state index in [1.807, 2.05) is 78.3 Å². The summed E-state index contributed by atoms with van der Waals surface area (Å²) < 4.78 is 1.09. The van der Waals surface area contributed by atoms with Crippen molar-refractivity contribution in [2.24, 2.45) is 0 Å². The first kappa shape index (κ1) is 17.8. The summed E-state index contributed by atoms with van der Waals surface area (Å²) in [5.74, 6) is -0.423. The third-order valence-electron chi connectivity index (χ3n) is 4.71. The molecule has 134 valence electrons. The summed E-state index contributed by atoms with van der Waals surface area (Å²) in [6.45, 7) is 1.99. The second-order valence-electron chi connectivity index (χ2n) is 6.57. The number of fused-ring (bicyclic) bond motifs is 1. The van der Waals surface area contributed by atoms with Crippen molar-refractivity contribution in [1.29, 1.82) is 0 Å². The minimum absolute atomic E-state index is 0.00119. The van der Waals surface area contributed by atoms with E-state index in [9.17, 15) is 9.59 Å². The second-order valence-corrected chi connectivity index (χ2v) is 8.46. The van der Waals surface area contributed by atoms with Crippen LogP contribution in [-0.4, -0.2) is 11.6 Å². The monoisotopic (exact) mass is 390 g/mol. The van der Waals surface area contributed by atoms with Crippen LogP contribution in [-0.2, 0) is 0 Å². The lowest BCUT2D eigenvalue weighted by Gasteiger charge is -2.14. The third-order valence-corrected chi connectivity index (χ3v) is 6.66. The molecule has 0 aliphatic rings. The first-order chi connectivity index (χ1) is 13.1. The molecule has 1 unspecified atom stereocenters. The molecule has 2 heterocycles. The molecule has 0 bridgehead atoms. The summed E-state index contributed by atoms with van der Waals surface area (Å²) in [6, 6.07) is 19.4. The predicted molar refractivity (Wildman–Crippen MR) is 113 cm³/mol. The van der Waals surface area contributed by atoms with Gasteiger partial charge in [-0.2, -0.15) is 0 Å². The van der Waals surface area contributed by atoms with E-state index in [-0.39, 0.29) is 18.0 Å². The van der Waals surface area contributed by atoms with Gasteiger partial charge in [0, 0.05) is 37.9 Å². The van der Waals surface area contributed by atoms with E-state index in [2.05, 4.69) is 0 Å². The lowest BCUT2D eigenvalue weighted by atomic mass is 9.89. The highest BCUT2D eigenvalue weighted by atomic mass is 32.1. The van der Waals surface area contributed by atoms with Crippen LogP contribution in [0.15, 0.2) is 71.4 Å². The van der Waals surface area contributed by atoms with Crippen LogP contribution in [0.25, 0.3) is 10.1 Å². The van der Waals surface area contributed by atoms with Gasteiger partial charge in [-0.3, -0.25) is 9.59 Å². The van der Waals surface area contributed by atoms with Gasteiger partial charge in [0.05, 0.1) is 5.92 Å². The molecule has 2 nitrogen and oxygen atoms in total. The Labute approximate surface area is 166 Å². The molecule has 1 atom stereocenters. The molecular weight excluding hydrogens is 372 g/mol. The van der Waals surface area contributed by atoms with Crippen molar-refractivity contribution in [3.05, 3.63) is 93.0 Å². The number of aryl methyl sites for hydroxylation is 1. The number of thiophene rings is 2. The van der Waals surface area contributed by atoms with Crippen molar-refractivity contribution in [2.75, 3.05) is 0 Å². The SMILES string of the molecule is Cc1ccc(C(=O)CC(C(=O)c2csc3ccccc23)c2cccs2)cc1. The standard InChI is InChI=1S/C23H18O2S2/c1-15-8-10-16(11-9-15)20(24)13-18(22-7-4-12-26-22)23(25)19-14-27-21-6-3-2-5-17(19)21/h2-12,14,18H,13H2,1H3. The summed E-state index contributed by atoms with van der Waals surface area (Å²) in [7, 11) is 0. The first-order valence-electron chi connectivity index (χ1n) is 8.77. The number of Topliss-reactive ketones (excluding diaryl/α,β-unsaturated/α-hetero) is 2. The van der Waals surface area contributed by atoms with Gasteiger partial charge in [-0.25, -0.2) is 0 Å². The van der Waals surface area contributed by atoms with Crippen LogP contribution in [0.1, 0.15) is 43.5 Å². The fourth-order valence-electron chi connectivity index (χ4n) is 3.21. The minimum Gasteiger partial charge on any atom is -0.294 e. The zero-order valence-corrected chi connectivity index (χ0v) is 16.5. The molecule has 0 radical (unpaired) electrons. The van der Waals surface area contributed by atoms with E-state index in [4.69, 9.17) is 0 Å². The number of carbonyl (C=O) groups excluding carboxylic acids is 2. The van der Waals surface area contributed by atoms with Crippen molar-refractivity contribution >= 4 is 44.3 Å². The maximum Gasteiger partial charge on any atom is 0.173 e. The van der Waals surface area contributed by atoms with Gasteiger partial charge >= 0.3 is 0 Å². The zero-order valence-electron chi connectivity index (χ0n) is 14.8. The Morgan fingerprint density at radius 1 is 0.926 bits per heavy atom. The molecule has 2 aromatic carbocycles. The topological polar surface area (TPSA) is 34.1 Å². The van der Waals surface area contributed by atoms with Gasteiger partial charge in [-0.15, -0.1) is 22.7 Å². The van der Waals surface area contributed by atoms with Gasteiger partial charge in [0.15, 0.2) is 11.6 Å². The van der Waals surface area contributed by atoms with E-state index in [0.29, 0.717) is 11.1 Å². The highest BCUT2D eigenvalue weighted by molar-refractivity contribution is 7.17. The van der Waals surface area contributed by atoms with Gasteiger partial charge in [0.2, 0.25) is 0 Å². The van der Waals surface area contributed by atoms with Crippen LogP contribution in [0.2, 0.25) is 0 Å². The van der Waals surface area contributed by atoms with Gasteiger partial charge in [-0.05, 0) is 24.4 Å². The van der Waals surface area contributed by atoms with E-state index in [1.165, 1.54) is 11.3 Å². The Morgan fingerprint density at radius 3 is 2.44 bits per heavy atom. The molecule has 0 aliphatic heterocycles. The molecule has 0 N–H and O–H groups in total. The molecule has 27 heavy (non-hydrogen) atoms. The summed E-state index contributed by atoms with van der Waals surface area (Å²) in [6.07, 6.45) is 0.187. The van der Waals surface area contributed by atoms with Crippen molar-refractivity contribution in [3.63, 3.8) is 0 Å². The summed E-state index contributed by atoms with van der Waals surface area (Å²) in [5, 5.41) is 4.85. The summed E-state index contributed by atoms with van der Waals surface area (Å²) in [5.41, 5.74) is 2.48. The molecule has 0 amide bonds. The van der Waals surface area contributed by atoms with Crippen LogP contribution < -0.4 is 0 Å². The molecular formula is C23H18O2S2. The Hall–Kier alpha value is -2.56. The zero-order chi connectivity index (χ0) is 18.8. The van der Waals surface area contributed by atoms with Crippen molar-refractivity contribution in [1.82, 2.24) is 0 Å². The highest BCUT2D eigenvalue weighted by Crippen LogP contribution is 2.34. The maximum absolute atomic E-state index is 13.4. The van der Waals surface area contributed by atoms with Gasteiger partial charge in [0.25, 0.3) is 0 Å². The number of hydrogen-bond donors (Lipinski definition) is 0. The molecule has 0 saturated carbocycles.